The number of carbonyl (C=O) groups excluding carboxylic acids is 1. The smallest absolute Gasteiger partial charge is 1.00 e. The molecule has 4 atom stereocenters. The van der Waals surface area contributed by atoms with Crippen molar-refractivity contribution < 1.29 is 138 Å². The van der Waals surface area contributed by atoms with Gasteiger partial charge in [-0.2, -0.15) is 0 Å². The topological polar surface area (TPSA) is 124 Å². The average molecular weight is 560 g/mol. The largest absolute Gasteiger partial charge is 1.00 e. The average Bonchev–Trinajstić information content (AvgIpc) is 2.79. The van der Waals surface area contributed by atoms with Gasteiger partial charge in [-0.1, -0.05) is 27.8 Å². The molecule has 170 valence electrons. The van der Waals surface area contributed by atoms with Gasteiger partial charge in [0.05, 0.1) is 37.3 Å². The summed E-state index contributed by atoms with van der Waals surface area (Å²) in [7, 11) is 3.36. The van der Waals surface area contributed by atoms with E-state index in [1.54, 1.807) is 14.2 Å². The zero-order valence-corrected chi connectivity index (χ0v) is 26.8. The Morgan fingerprint density at radius 1 is 1.16 bits per heavy atom. The number of alkyl halides is 1. The fourth-order valence-electron chi connectivity index (χ4n) is 2.34. The molecule has 2 aliphatic rings. The van der Waals surface area contributed by atoms with Crippen LogP contribution in [0.1, 0.15) is 14.3 Å². The van der Waals surface area contributed by atoms with Crippen molar-refractivity contribution in [1.82, 2.24) is 5.32 Å². The summed E-state index contributed by atoms with van der Waals surface area (Å²) in [6.45, 7) is 3.31. The van der Waals surface area contributed by atoms with Crippen LogP contribution < -0.4 is 119 Å². The molecule has 31 heavy (non-hydrogen) atoms. The second-order valence-corrected chi connectivity index (χ2v) is 6.22. The van der Waals surface area contributed by atoms with Gasteiger partial charge in [-0.25, -0.2) is 0 Å². The molecule has 0 amide bonds. The van der Waals surface area contributed by atoms with Crippen molar-refractivity contribution in [2.75, 3.05) is 52.5 Å². The van der Waals surface area contributed by atoms with Crippen molar-refractivity contribution in [2.24, 2.45) is 5.73 Å². The van der Waals surface area contributed by atoms with E-state index in [2.05, 4.69) is 38.0 Å². The molecule has 0 aromatic heterocycles. The molecule has 0 aliphatic carbocycles. The van der Waals surface area contributed by atoms with Gasteiger partial charge in [0.15, 0.2) is 0 Å². The first kappa shape index (κ1) is 40.2. The molecule has 9 nitrogen and oxygen atoms in total. The predicted octanol–water partition coefficient (Wildman–Crippen LogP) is -6.67. The Labute approximate surface area is 281 Å². The number of nitrogens with one attached hydrogen (secondary N) is 1. The van der Waals surface area contributed by atoms with Crippen LogP contribution in [0.4, 0.5) is 0 Å². The summed E-state index contributed by atoms with van der Waals surface area (Å²) in [5.74, 6) is 4.90. The quantitative estimate of drug-likeness (QED) is 0.0845. The number of rotatable bonds is 5. The van der Waals surface area contributed by atoms with Crippen LogP contribution in [0.15, 0.2) is 0 Å². The molecule has 0 aromatic carbocycles. The van der Waals surface area contributed by atoms with Crippen LogP contribution in [0.3, 0.4) is 0 Å². The molecule has 0 unspecified atom stereocenters. The van der Waals surface area contributed by atoms with Crippen molar-refractivity contribution in [1.29, 1.82) is 0 Å². The minimum Gasteiger partial charge on any atom is -1.00 e. The Morgan fingerprint density at radius 3 is 2.00 bits per heavy atom. The summed E-state index contributed by atoms with van der Waals surface area (Å²) in [6, 6.07) is 0.517. The number of methoxy groups -OCH3 is 2. The van der Waals surface area contributed by atoms with E-state index < -0.39 is 0 Å². The van der Waals surface area contributed by atoms with Gasteiger partial charge in [0.25, 0.3) is 6.47 Å². The molecular weight excluding hydrogens is 526 g/mol. The van der Waals surface area contributed by atoms with Crippen molar-refractivity contribution in [2.45, 2.75) is 37.1 Å². The van der Waals surface area contributed by atoms with Gasteiger partial charge in [-0.15, -0.1) is 12.8 Å². The van der Waals surface area contributed by atoms with Crippen LogP contribution in [0, 0.1) is 24.7 Å². The number of ether oxygens (including phenoxy) is 4. The maximum absolute atomic E-state index is 8.64. The fourth-order valence-corrected chi connectivity index (χ4v) is 2.34. The third-order valence-corrected chi connectivity index (χ3v) is 4.17. The summed E-state index contributed by atoms with van der Waals surface area (Å²) >= 11 is 3.01. The maximum Gasteiger partial charge on any atom is 1.00 e. The first-order chi connectivity index (χ1) is 14.1. The second-order valence-electron chi connectivity index (χ2n) is 5.66. The Bertz CT molecular complexity index is 474. The predicted molar refractivity (Wildman–Crippen MR) is 112 cm³/mol. The summed E-state index contributed by atoms with van der Waals surface area (Å²) in [5.41, 5.74) is 5.68. The van der Waals surface area contributed by atoms with E-state index in [0.29, 0.717) is 31.1 Å². The SMILES string of the molecule is C#CCBr.C#CCN[C@@H]1CCOC[C@@H]1OC.CO[C@H]1COCC[C@H]1N.O=CO[O-].[H-].[K+].[K+]. The monoisotopic (exact) mass is 558 g/mol. The van der Waals surface area contributed by atoms with Crippen LogP contribution >= 0.6 is 15.9 Å². The molecule has 12 heteroatoms. The third-order valence-electron chi connectivity index (χ3n) is 3.85. The zero-order valence-electron chi connectivity index (χ0n) is 20.0. The van der Waals surface area contributed by atoms with Gasteiger partial charge in [0.2, 0.25) is 0 Å². The molecule has 0 aromatic rings. The molecule has 0 radical (unpaired) electrons. The molecule has 3 N–H and O–H groups in total. The first-order valence-corrected chi connectivity index (χ1v) is 10.0. The Kier molecular flexibility index (Phi) is 41.6. The van der Waals surface area contributed by atoms with Gasteiger partial charge < -0.3 is 41.6 Å². The van der Waals surface area contributed by atoms with Crippen molar-refractivity contribution in [3.8, 4) is 24.7 Å². The van der Waals surface area contributed by atoms with Crippen LogP contribution in [0.25, 0.3) is 0 Å². The van der Waals surface area contributed by atoms with Gasteiger partial charge in [-0.05, 0) is 12.8 Å². The Balaban J connectivity index is -0.000000109. The van der Waals surface area contributed by atoms with Crippen LogP contribution in [-0.4, -0.2) is 83.3 Å². The number of terminal acetylenes is 2. The number of carbonyl (C=O) groups is 1. The fraction of sp³-hybridized carbons (Fsp3) is 0.737. The van der Waals surface area contributed by atoms with Crippen LogP contribution in [-0.2, 0) is 28.6 Å². The number of nitrogens with two attached hydrogens (primary N) is 1. The molecule has 2 saturated heterocycles. The molecule has 2 aliphatic heterocycles. The van der Waals surface area contributed by atoms with E-state index in [4.69, 9.17) is 47.6 Å². The molecule has 0 spiro atoms. The van der Waals surface area contributed by atoms with E-state index in [0.717, 1.165) is 26.1 Å². The maximum atomic E-state index is 8.64. The van der Waals surface area contributed by atoms with E-state index in [9.17, 15) is 0 Å². The molecule has 0 bridgehead atoms. The van der Waals surface area contributed by atoms with Gasteiger partial charge in [0, 0.05) is 39.5 Å². The Hall–Kier alpha value is 2.06. The van der Waals surface area contributed by atoms with E-state index in [-0.39, 0.29) is 129 Å². The molecule has 2 fully saturated rings. The molecular formula is C19H33BrK2N2O7. The zero-order chi connectivity index (χ0) is 22.3. The normalized spacial score (nSPS) is 23.5. The second kappa shape index (κ2) is 32.1. The minimum absolute atomic E-state index is 0. The van der Waals surface area contributed by atoms with Crippen molar-refractivity contribution >= 4 is 22.4 Å². The third kappa shape index (κ3) is 25.0. The van der Waals surface area contributed by atoms with E-state index >= 15 is 0 Å². The van der Waals surface area contributed by atoms with Crippen molar-refractivity contribution in [3.05, 3.63) is 0 Å². The Morgan fingerprint density at radius 2 is 1.65 bits per heavy atom. The summed E-state index contributed by atoms with van der Waals surface area (Å²) < 4.78 is 20.7. The van der Waals surface area contributed by atoms with Crippen LogP contribution in [0.5, 0.6) is 0 Å². The number of hydrogen-bond acceptors (Lipinski definition) is 9. The molecule has 2 heterocycles. The van der Waals surface area contributed by atoms with Crippen LogP contribution in [0.2, 0.25) is 0 Å². The number of halogens is 1. The van der Waals surface area contributed by atoms with E-state index in [1.165, 1.54) is 0 Å². The summed E-state index contributed by atoms with van der Waals surface area (Å²) in [4.78, 5) is 11.2. The van der Waals surface area contributed by atoms with Gasteiger partial charge in [0.1, 0.15) is 0 Å². The number of hydrogen-bond donors (Lipinski definition) is 2. The summed E-state index contributed by atoms with van der Waals surface area (Å²) in [6.07, 6.45) is 12.0. The minimum atomic E-state index is -0.181. The van der Waals surface area contributed by atoms with Gasteiger partial charge >= 0.3 is 103 Å². The first-order valence-electron chi connectivity index (χ1n) is 8.91. The standard InChI is InChI=1S/C9H15NO2.C6H13NO2.C3H3Br.CH2O3.2K.H/c1-3-5-10-8-4-6-12-7-9(8)11-2;1-8-6-4-9-3-2-5(6)7;1-2-3-4;2-1-4-3;;;/h1,8-10H,4-7H2,2H3;5-6H,2-4,7H2,1H3;1H,3H2;1,3H;;;/q;;;;2*+1;-1/p-1/t8-,9+;5-,6+;;;;;/m11...../s1. The van der Waals surface area contributed by atoms with E-state index in [1.807, 2.05) is 0 Å². The summed E-state index contributed by atoms with van der Waals surface area (Å²) in [5, 5.41) is 12.3. The van der Waals surface area contributed by atoms with Crippen molar-refractivity contribution in [3.63, 3.8) is 0 Å². The van der Waals surface area contributed by atoms with Gasteiger partial charge in [-0.3, -0.25) is 4.79 Å². The molecule has 2 rings (SSSR count). The molecule has 0 saturated carbocycles.